The topological polar surface area (TPSA) is 86.0 Å². The molecule has 166 valence electrons. The van der Waals surface area contributed by atoms with Crippen LogP contribution in [0.4, 0.5) is 0 Å². The lowest BCUT2D eigenvalue weighted by molar-refractivity contribution is -0.114. The largest absolute Gasteiger partial charge is 0.301 e. The summed E-state index contributed by atoms with van der Waals surface area (Å²) >= 11 is 6.10. The number of hydrogen-bond donors (Lipinski definition) is 1. The van der Waals surface area contributed by atoms with Crippen LogP contribution in [0, 0.1) is 6.92 Å². The number of fused-ring (bicyclic) bond motifs is 1. The third-order valence-corrected chi connectivity index (χ3v) is 6.63. The molecule has 2 heterocycles. The van der Waals surface area contributed by atoms with Crippen LogP contribution in [-0.2, 0) is 28.3 Å². The molecule has 2 aromatic heterocycles. The second-order valence-corrected chi connectivity index (χ2v) is 9.78. The van der Waals surface area contributed by atoms with Gasteiger partial charge in [0.25, 0.3) is 5.91 Å². The third kappa shape index (κ3) is 5.57. The van der Waals surface area contributed by atoms with Crippen molar-refractivity contribution in [2.45, 2.75) is 39.5 Å². The summed E-state index contributed by atoms with van der Waals surface area (Å²) < 4.78 is 29.9. The minimum absolute atomic E-state index is 0.0446. The number of rotatable bonds is 9. The number of nitrogens with one attached hydrogen (secondary N) is 1. The standard InChI is InChI=1S/C22H27ClN4O3S/c1-4-5-6-14-31(29,30)25-21(28)9-7-8-19-16(2)24-26(3)22(19)27-13-12-17-15-18(23)10-11-20(17)27/h7,9-13,15H,4-6,8,14H2,1-3H3,(H,25,28)/b9-7+. The maximum absolute atomic E-state index is 12.1. The first-order valence-corrected chi connectivity index (χ1v) is 12.3. The molecule has 0 saturated carbocycles. The number of carbonyl (C=O) groups excluding carboxylic acids is 1. The van der Waals surface area contributed by atoms with Gasteiger partial charge in [-0.3, -0.25) is 9.48 Å². The maximum atomic E-state index is 12.1. The van der Waals surface area contributed by atoms with Crippen molar-refractivity contribution in [3.63, 3.8) is 0 Å². The first kappa shape index (κ1) is 23.1. The maximum Gasteiger partial charge on any atom is 0.257 e. The fourth-order valence-corrected chi connectivity index (χ4v) is 4.83. The third-order valence-electron chi connectivity index (χ3n) is 5.06. The highest BCUT2D eigenvalue weighted by atomic mass is 35.5. The minimum atomic E-state index is -3.61. The SMILES string of the molecule is CCCCCS(=O)(=O)NC(=O)/C=C/Cc1c(C)nn(C)c1-n1ccc2cc(Cl)ccc21. The van der Waals surface area contributed by atoms with Crippen LogP contribution >= 0.6 is 11.6 Å². The van der Waals surface area contributed by atoms with E-state index in [1.54, 1.807) is 10.8 Å². The molecule has 0 radical (unpaired) electrons. The van der Waals surface area contributed by atoms with E-state index < -0.39 is 15.9 Å². The Labute approximate surface area is 187 Å². The predicted octanol–water partition coefficient (Wildman–Crippen LogP) is 4.06. The van der Waals surface area contributed by atoms with Gasteiger partial charge in [0.1, 0.15) is 5.82 Å². The fourth-order valence-electron chi connectivity index (χ4n) is 3.59. The van der Waals surface area contributed by atoms with E-state index in [1.165, 1.54) is 6.08 Å². The van der Waals surface area contributed by atoms with Crippen LogP contribution in [0.5, 0.6) is 0 Å². The van der Waals surface area contributed by atoms with E-state index in [2.05, 4.69) is 9.82 Å². The van der Waals surface area contributed by atoms with Crippen LogP contribution in [0.25, 0.3) is 16.7 Å². The van der Waals surface area contributed by atoms with E-state index >= 15 is 0 Å². The first-order valence-electron chi connectivity index (χ1n) is 10.2. The van der Waals surface area contributed by atoms with Gasteiger partial charge in [-0.15, -0.1) is 0 Å². The molecule has 1 aromatic carbocycles. The van der Waals surface area contributed by atoms with E-state index in [0.717, 1.165) is 40.8 Å². The highest BCUT2D eigenvalue weighted by Gasteiger charge is 2.16. The van der Waals surface area contributed by atoms with Gasteiger partial charge in [-0.2, -0.15) is 5.10 Å². The van der Waals surface area contributed by atoms with Crippen molar-refractivity contribution < 1.29 is 13.2 Å². The number of aromatic nitrogens is 3. The molecule has 0 atom stereocenters. The molecule has 0 unspecified atom stereocenters. The molecule has 3 rings (SSSR count). The molecule has 7 nitrogen and oxygen atoms in total. The lowest BCUT2D eigenvalue weighted by atomic mass is 10.1. The summed E-state index contributed by atoms with van der Waals surface area (Å²) in [5.74, 6) is 0.199. The lowest BCUT2D eigenvalue weighted by Gasteiger charge is -2.09. The van der Waals surface area contributed by atoms with Crippen LogP contribution in [0.1, 0.15) is 37.4 Å². The van der Waals surface area contributed by atoms with Crippen LogP contribution in [0.2, 0.25) is 5.02 Å². The number of allylic oxidation sites excluding steroid dienone is 1. The quantitative estimate of drug-likeness (QED) is 0.383. The molecule has 9 heteroatoms. The monoisotopic (exact) mass is 462 g/mol. The van der Waals surface area contributed by atoms with Gasteiger partial charge in [0, 0.05) is 35.3 Å². The molecule has 1 N–H and O–H groups in total. The Morgan fingerprint density at radius 3 is 2.77 bits per heavy atom. The Bertz CT molecular complexity index is 1230. The van der Waals surface area contributed by atoms with E-state index in [9.17, 15) is 13.2 Å². The van der Waals surface area contributed by atoms with Crippen LogP contribution in [0.3, 0.4) is 0 Å². The smallest absolute Gasteiger partial charge is 0.257 e. The van der Waals surface area contributed by atoms with Crippen molar-refractivity contribution in [1.82, 2.24) is 19.1 Å². The van der Waals surface area contributed by atoms with Gasteiger partial charge >= 0.3 is 0 Å². The number of aryl methyl sites for hydroxylation is 2. The molecular weight excluding hydrogens is 436 g/mol. The zero-order valence-corrected chi connectivity index (χ0v) is 19.5. The molecular formula is C22H27ClN4O3S. The number of halogens is 1. The number of carbonyl (C=O) groups is 1. The number of unbranched alkanes of at least 4 members (excludes halogenated alkanes) is 2. The van der Waals surface area contributed by atoms with E-state index in [-0.39, 0.29) is 5.75 Å². The zero-order valence-electron chi connectivity index (χ0n) is 17.9. The molecule has 0 aliphatic carbocycles. The van der Waals surface area contributed by atoms with Crippen molar-refractivity contribution in [2.75, 3.05) is 5.75 Å². The molecule has 0 bridgehead atoms. The summed E-state index contributed by atoms with van der Waals surface area (Å²) in [5, 5.41) is 6.22. The Kier molecular flexibility index (Phi) is 7.23. The zero-order chi connectivity index (χ0) is 22.6. The lowest BCUT2D eigenvalue weighted by Crippen LogP contribution is -2.31. The average Bonchev–Trinajstić information content (AvgIpc) is 3.20. The highest BCUT2D eigenvalue weighted by molar-refractivity contribution is 7.90. The van der Waals surface area contributed by atoms with Gasteiger partial charge in [-0.1, -0.05) is 37.4 Å². The number of amides is 1. The number of nitrogens with zero attached hydrogens (tertiary/aromatic N) is 3. The average molecular weight is 463 g/mol. The van der Waals surface area contributed by atoms with Crippen LogP contribution in [0.15, 0.2) is 42.6 Å². The van der Waals surface area contributed by atoms with Gasteiger partial charge < -0.3 is 4.57 Å². The molecule has 1 amide bonds. The molecule has 0 aliphatic rings. The summed E-state index contributed by atoms with van der Waals surface area (Å²) in [5.41, 5.74) is 2.78. The first-order chi connectivity index (χ1) is 14.7. The summed E-state index contributed by atoms with van der Waals surface area (Å²) in [7, 11) is -1.74. The normalized spacial score (nSPS) is 12.1. The summed E-state index contributed by atoms with van der Waals surface area (Å²) in [6.07, 6.45) is 7.59. The second-order valence-electron chi connectivity index (χ2n) is 7.50. The van der Waals surface area contributed by atoms with E-state index in [0.29, 0.717) is 17.9 Å². The van der Waals surface area contributed by atoms with E-state index in [1.807, 2.05) is 55.9 Å². The fraction of sp³-hybridized carbons (Fsp3) is 0.364. The second kappa shape index (κ2) is 9.70. The number of hydrogen-bond acceptors (Lipinski definition) is 4. The number of benzene rings is 1. The van der Waals surface area contributed by atoms with Crippen LogP contribution < -0.4 is 4.72 Å². The molecule has 0 spiro atoms. The Morgan fingerprint density at radius 2 is 2.03 bits per heavy atom. The van der Waals surface area contributed by atoms with Gasteiger partial charge in [-0.05, 0) is 44.0 Å². The van der Waals surface area contributed by atoms with Gasteiger partial charge in [0.2, 0.25) is 10.0 Å². The van der Waals surface area contributed by atoms with Crippen molar-refractivity contribution in [1.29, 1.82) is 0 Å². The molecule has 31 heavy (non-hydrogen) atoms. The van der Waals surface area contributed by atoms with Gasteiger partial charge in [-0.25, -0.2) is 13.1 Å². The molecule has 0 saturated heterocycles. The Balaban J connectivity index is 1.78. The molecule has 0 fully saturated rings. The van der Waals surface area contributed by atoms with Crippen molar-refractivity contribution in [2.24, 2.45) is 7.05 Å². The highest BCUT2D eigenvalue weighted by Crippen LogP contribution is 2.27. The van der Waals surface area contributed by atoms with Crippen molar-refractivity contribution >= 4 is 38.4 Å². The summed E-state index contributed by atoms with van der Waals surface area (Å²) in [6, 6.07) is 7.69. The van der Waals surface area contributed by atoms with Gasteiger partial charge in [0.15, 0.2) is 0 Å². The van der Waals surface area contributed by atoms with Crippen molar-refractivity contribution in [3.05, 3.63) is 58.9 Å². The molecule has 0 aliphatic heterocycles. The Hall–Kier alpha value is -2.58. The molecule has 3 aromatic rings. The summed E-state index contributed by atoms with van der Waals surface area (Å²) in [4.78, 5) is 12.1. The van der Waals surface area contributed by atoms with Gasteiger partial charge in [0.05, 0.1) is 17.0 Å². The Morgan fingerprint density at radius 1 is 1.26 bits per heavy atom. The van der Waals surface area contributed by atoms with Crippen molar-refractivity contribution in [3.8, 4) is 5.82 Å². The predicted molar refractivity (Wildman–Crippen MR) is 124 cm³/mol. The summed E-state index contributed by atoms with van der Waals surface area (Å²) in [6.45, 7) is 3.90. The van der Waals surface area contributed by atoms with E-state index in [4.69, 9.17) is 11.6 Å². The van der Waals surface area contributed by atoms with Crippen LogP contribution in [-0.4, -0.2) is 34.4 Å². The minimum Gasteiger partial charge on any atom is -0.301 e. The number of sulfonamides is 1.